The summed E-state index contributed by atoms with van der Waals surface area (Å²) in [7, 11) is 0. The average Bonchev–Trinajstić information content (AvgIpc) is 3.09. The second-order valence-electron chi connectivity index (χ2n) is 6.24. The predicted octanol–water partition coefficient (Wildman–Crippen LogP) is 4.59. The summed E-state index contributed by atoms with van der Waals surface area (Å²) in [5.74, 6) is -0.673. The first kappa shape index (κ1) is 20.2. The molecule has 0 fully saturated rings. The Kier molecular flexibility index (Phi) is 5.76. The molecule has 0 aliphatic heterocycles. The van der Waals surface area contributed by atoms with Crippen molar-refractivity contribution in [3.8, 4) is 5.75 Å². The molecule has 2 aromatic carbocycles. The van der Waals surface area contributed by atoms with Crippen molar-refractivity contribution >= 4 is 22.6 Å². The van der Waals surface area contributed by atoms with Gasteiger partial charge < -0.3 is 19.7 Å². The lowest BCUT2D eigenvalue weighted by Crippen LogP contribution is -2.09. The lowest BCUT2D eigenvalue weighted by atomic mass is 10.1. The molecule has 0 aliphatic carbocycles. The highest BCUT2D eigenvalue weighted by Gasteiger charge is 2.29. The number of benzene rings is 2. The molecule has 152 valence electrons. The molecule has 0 atom stereocenters. The van der Waals surface area contributed by atoms with Crippen LogP contribution in [0.25, 0.3) is 10.9 Å². The summed E-state index contributed by atoms with van der Waals surface area (Å²) in [6.45, 7) is 1.29. The normalized spacial score (nSPS) is 12.2. The molecule has 3 aromatic rings. The lowest BCUT2D eigenvalue weighted by Gasteiger charge is -2.07. The number of hydrogen-bond acceptors (Lipinski definition) is 4. The van der Waals surface area contributed by atoms with Gasteiger partial charge in [-0.25, -0.2) is 4.79 Å². The van der Waals surface area contributed by atoms with E-state index in [-0.39, 0.29) is 6.61 Å². The molecule has 0 radical (unpaired) electrons. The third-order valence-electron chi connectivity index (χ3n) is 4.12. The molecule has 0 spiro atoms. The van der Waals surface area contributed by atoms with Crippen LogP contribution in [0.15, 0.2) is 53.8 Å². The van der Waals surface area contributed by atoms with Gasteiger partial charge in [-0.3, -0.25) is 0 Å². The van der Waals surface area contributed by atoms with Gasteiger partial charge >= 0.3 is 12.1 Å². The Hall–Kier alpha value is -3.49. The number of carboxylic acid groups (broad SMARTS) is 1. The van der Waals surface area contributed by atoms with Gasteiger partial charge in [-0.2, -0.15) is 13.2 Å². The van der Waals surface area contributed by atoms with Crippen LogP contribution in [0, 0.1) is 0 Å². The van der Waals surface area contributed by atoms with Crippen molar-refractivity contribution in [1.29, 1.82) is 0 Å². The molecule has 0 saturated heterocycles. The van der Waals surface area contributed by atoms with Crippen LogP contribution < -0.4 is 4.74 Å². The fourth-order valence-corrected chi connectivity index (χ4v) is 2.68. The molecule has 2 N–H and O–H groups in total. The van der Waals surface area contributed by atoms with E-state index in [0.29, 0.717) is 17.0 Å². The second kappa shape index (κ2) is 8.26. The second-order valence-corrected chi connectivity index (χ2v) is 6.24. The first-order chi connectivity index (χ1) is 13.7. The summed E-state index contributed by atoms with van der Waals surface area (Å²) in [5, 5.41) is 13.5. The van der Waals surface area contributed by atoms with Crippen LogP contribution in [-0.4, -0.2) is 28.4 Å². The number of nitrogens with one attached hydrogen (secondary N) is 1. The number of aromatic nitrogens is 1. The average molecular weight is 406 g/mol. The zero-order valence-electron chi connectivity index (χ0n) is 15.3. The largest absolute Gasteiger partial charge is 0.482 e. The quantitative estimate of drug-likeness (QED) is 0.444. The van der Waals surface area contributed by atoms with Crippen LogP contribution in [0.1, 0.15) is 23.6 Å². The molecule has 1 heterocycles. The number of H-pyrrole nitrogens is 1. The standard InChI is InChI=1S/C20H17F3N2O4/c1-12(25-29-10-13-2-4-14(5-3-13)20(21,22)23)17-9-24-18-7-6-15(8-16(17)18)28-11-19(26)27/h2-9,24H,10-11H2,1H3,(H,26,27). The van der Waals surface area contributed by atoms with Gasteiger partial charge in [0.2, 0.25) is 0 Å². The zero-order chi connectivity index (χ0) is 21.0. The van der Waals surface area contributed by atoms with E-state index in [2.05, 4.69) is 10.1 Å². The predicted molar refractivity (Wildman–Crippen MR) is 99.9 cm³/mol. The van der Waals surface area contributed by atoms with Crippen molar-refractivity contribution in [3.05, 3.63) is 65.4 Å². The number of fused-ring (bicyclic) bond motifs is 1. The van der Waals surface area contributed by atoms with Crippen molar-refractivity contribution in [1.82, 2.24) is 4.98 Å². The van der Waals surface area contributed by atoms with E-state index in [0.717, 1.165) is 28.6 Å². The van der Waals surface area contributed by atoms with E-state index in [1.54, 1.807) is 31.3 Å². The van der Waals surface area contributed by atoms with Crippen LogP contribution in [-0.2, 0) is 22.4 Å². The minimum absolute atomic E-state index is 0.0187. The number of nitrogens with zero attached hydrogens (tertiary/aromatic N) is 1. The molecule has 9 heteroatoms. The zero-order valence-corrected chi connectivity index (χ0v) is 15.3. The Morgan fingerprint density at radius 1 is 1.17 bits per heavy atom. The van der Waals surface area contributed by atoms with Gasteiger partial charge in [-0.15, -0.1) is 0 Å². The van der Waals surface area contributed by atoms with Crippen molar-refractivity contribution in [2.75, 3.05) is 6.61 Å². The molecule has 0 unspecified atom stereocenters. The van der Waals surface area contributed by atoms with Crippen molar-refractivity contribution in [2.24, 2.45) is 5.16 Å². The Balaban J connectivity index is 1.70. The van der Waals surface area contributed by atoms with Gasteiger partial charge in [-0.1, -0.05) is 17.3 Å². The Labute approximate surface area is 163 Å². The maximum absolute atomic E-state index is 12.6. The molecular formula is C20H17F3N2O4. The van der Waals surface area contributed by atoms with Gasteiger partial charge in [-0.05, 0) is 42.8 Å². The Bertz CT molecular complexity index is 1040. The van der Waals surface area contributed by atoms with Crippen LogP contribution in [0.3, 0.4) is 0 Å². The van der Waals surface area contributed by atoms with Crippen LogP contribution >= 0.6 is 0 Å². The fraction of sp³-hybridized carbons (Fsp3) is 0.200. The van der Waals surface area contributed by atoms with Gasteiger partial charge in [0.05, 0.1) is 11.3 Å². The third kappa shape index (κ3) is 5.07. The molecule has 0 bridgehead atoms. The van der Waals surface area contributed by atoms with E-state index in [1.807, 2.05) is 0 Å². The van der Waals surface area contributed by atoms with Crippen molar-refractivity contribution in [3.63, 3.8) is 0 Å². The number of carboxylic acids is 1. The molecule has 29 heavy (non-hydrogen) atoms. The van der Waals surface area contributed by atoms with Gasteiger partial charge in [0, 0.05) is 22.7 Å². The molecule has 0 aliphatic rings. The number of ether oxygens (including phenoxy) is 1. The number of halogens is 3. The smallest absolute Gasteiger partial charge is 0.416 e. The van der Waals surface area contributed by atoms with E-state index in [1.165, 1.54) is 12.1 Å². The summed E-state index contributed by atoms with van der Waals surface area (Å²) >= 11 is 0. The Morgan fingerprint density at radius 2 is 1.90 bits per heavy atom. The molecule has 3 rings (SSSR count). The number of aromatic amines is 1. The van der Waals surface area contributed by atoms with Crippen molar-refractivity contribution < 1.29 is 32.6 Å². The number of hydrogen-bond donors (Lipinski definition) is 2. The van der Waals surface area contributed by atoms with Gasteiger partial charge in [0.15, 0.2) is 6.61 Å². The fourth-order valence-electron chi connectivity index (χ4n) is 2.68. The number of carbonyl (C=O) groups is 1. The molecular weight excluding hydrogens is 389 g/mol. The third-order valence-corrected chi connectivity index (χ3v) is 4.12. The van der Waals surface area contributed by atoms with Crippen molar-refractivity contribution in [2.45, 2.75) is 19.7 Å². The molecule has 0 saturated carbocycles. The molecule has 1 aromatic heterocycles. The highest BCUT2D eigenvalue weighted by atomic mass is 19.4. The van der Waals surface area contributed by atoms with E-state index in [9.17, 15) is 18.0 Å². The summed E-state index contributed by atoms with van der Waals surface area (Å²) in [6, 6.07) is 9.77. The minimum atomic E-state index is -4.38. The monoisotopic (exact) mass is 406 g/mol. The first-order valence-corrected chi connectivity index (χ1v) is 8.53. The summed E-state index contributed by atoms with van der Waals surface area (Å²) in [4.78, 5) is 19.0. The summed E-state index contributed by atoms with van der Waals surface area (Å²) in [6.07, 6.45) is -2.65. The van der Waals surface area contributed by atoms with Crippen LogP contribution in [0.4, 0.5) is 13.2 Å². The number of oxime groups is 1. The highest BCUT2D eigenvalue weighted by Crippen LogP contribution is 2.29. The minimum Gasteiger partial charge on any atom is -0.482 e. The summed E-state index contributed by atoms with van der Waals surface area (Å²) < 4.78 is 42.9. The lowest BCUT2D eigenvalue weighted by molar-refractivity contribution is -0.139. The maximum atomic E-state index is 12.6. The van der Waals surface area contributed by atoms with E-state index < -0.39 is 24.3 Å². The van der Waals surface area contributed by atoms with Gasteiger partial charge in [0.25, 0.3) is 0 Å². The molecule has 6 nitrogen and oxygen atoms in total. The van der Waals surface area contributed by atoms with Crippen LogP contribution in [0.2, 0.25) is 0 Å². The van der Waals surface area contributed by atoms with Crippen LogP contribution in [0.5, 0.6) is 5.75 Å². The van der Waals surface area contributed by atoms with E-state index in [4.69, 9.17) is 14.7 Å². The Morgan fingerprint density at radius 3 is 2.55 bits per heavy atom. The number of rotatable bonds is 7. The number of aliphatic carboxylic acids is 1. The summed E-state index contributed by atoms with van der Waals surface area (Å²) in [5.41, 5.74) is 1.91. The van der Waals surface area contributed by atoms with Gasteiger partial charge in [0.1, 0.15) is 12.4 Å². The number of alkyl halides is 3. The SMILES string of the molecule is CC(=NOCc1ccc(C(F)(F)F)cc1)c1c[nH]c2ccc(OCC(=O)O)cc12. The maximum Gasteiger partial charge on any atom is 0.416 e. The highest BCUT2D eigenvalue weighted by molar-refractivity contribution is 6.09. The molecule has 0 amide bonds. The first-order valence-electron chi connectivity index (χ1n) is 8.53. The topological polar surface area (TPSA) is 83.9 Å². The van der Waals surface area contributed by atoms with E-state index >= 15 is 0 Å².